The van der Waals surface area contributed by atoms with E-state index in [-0.39, 0.29) is 5.75 Å². The predicted octanol–water partition coefficient (Wildman–Crippen LogP) is 3.25. The molecule has 0 aliphatic heterocycles. The van der Waals surface area contributed by atoms with Gasteiger partial charge >= 0.3 is 0 Å². The van der Waals surface area contributed by atoms with Gasteiger partial charge in [-0.05, 0) is 47.7 Å². The van der Waals surface area contributed by atoms with Gasteiger partial charge in [-0.3, -0.25) is 0 Å². The van der Waals surface area contributed by atoms with Crippen molar-refractivity contribution in [3.8, 4) is 17.1 Å². The van der Waals surface area contributed by atoms with E-state index in [9.17, 15) is 4.39 Å². The molecule has 4 nitrogen and oxygen atoms in total. The van der Waals surface area contributed by atoms with Crippen LogP contribution in [0.25, 0.3) is 11.4 Å². The summed E-state index contributed by atoms with van der Waals surface area (Å²) in [5, 5.41) is 3.02. The number of ether oxygens (including phenoxy) is 1. The van der Waals surface area contributed by atoms with E-state index in [2.05, 4.69) is 37.9 Å². The van der Waals surface area contributed by atoms with Gasteiger partial charge in [-0.15, -0.1) is 0 Å². The van der Waals surface area contributed by atoms with Crippen LogP contribution < -0.4 is 10.1 Å². The maximum absolute atomic E-state index is 13.4. The fourth-order valence-electron chi connectivity index (χ4n) is 1.65. The van der Waals surface area contributed by atoms with Crippen molar-refractivity contribution in [1.29, 1.82) is 0 Å². The lowest BCUT2D eigenvalue weighted by atomic mass is 10.2. The number of hydrogen-bond donors (Lipinski definition) is 1. The largest absolute Gasteiger partial charge is 0.494 e. The van der Waals surface area contributed by atoms with Gasteiger partial charge in [0.1, 0.15) is 5.82 Å². The smallest absolute Gasteiger partial charge is 0.165 e. The van der Waals surface area contributed by atoms with Crippen LogP contribution in [-0.4, -0.2) is 24.1 Å². The highest BCUT2D eigenvalue weighted by Crippen LogP contribution is 2.27. The average Bonchev–Trinajstić information content (AvgIpc) is 2.42. The van der Waals surface area contributed by atoms with Crippen molar-refractivity contribution in [1.82, 2.24) is 9.97 Å². The van der Waals surface area contributed by atoms with Crippen molar-refractivity contribution < 1.29 is 9.13 Å². The Bertz CT molecular complexity index is 619. The molecule has 0 amide bonds. The molecule has 1 aromatic heterocycles. The molecule has 0 aliphatic rings. The van der Waals surface area contributed by atoms with E-state index in [4.69, 9.17) is 4.74 Å². The normalized spacial score (nSPS) is 10.4. The topological polar surface area (TPSA) is 47.0 Å². The third kappa shape index (κ3) is 2.78. The quantitative estimate of drug-likeness (QED) is 0.840. The molecule has 0 unspecified atom stereocenters. The Morgan fingerprint density at radius 3 is 2.68 bits per heavy atom. The molecule has 2 aromatic rings. The fraction of sp³-hybridized carbons (Fsp3) is 0.231. The molecule has 19 heavy (non-hydrogen) atoms. The number of hydrogen-bond acceptors (Lipinski definition) is 4. The van der Waals surface area contributed by atoms with E-state index < -0.39 is 5.82 Å². The van der Waals surface area contributed by atoms with Crippen molar-refractivity contribution >= 4 is 28.4 Å². The summed E-state index contributed by atoms with van der Waals surface area (Å²) >= 11 is 2.19. The number of nitrogens with one attached hydrogen (secondary N) is 1. The fourth-order valence-corrected chi connectivity index (χ4v) is 2.16. The van der Waals surface area contributed by atoms with E-state index in [0.717, 1.165) is 15.1 Å². The van der Waals surface area contributed by atoms with Gasteiger partial charge in [-0.25, -0.2) is 14.4 Å². The molecule has 0 radical (unpaired) electrons. The Labute approximate surface area is 124 Å². The van der Waals surface area contributed by atoms with Crippen LogP contribution in [-0.2, 0) is 0 Å². The van der Waals surface area contributed by atoms with E-state index in [0.29, 0.717) is 11.4 Å². The minimum Gasteiger partial charge on any atom is -0.494 e. The number of benzene rings is 1. The Hall–Kier alpha value is -1.44. The van der Waals surface area contributed by atoms with Crippen molar-refractivity contribution in [2.24, 2.45) is 0 Å². The second-order valence-corrected chi connectivity index (χ2v) is 4.97. The molecule has 2 rings (SSSR count). The molecule has 0 aliphatic carbocycles. The Kier molecular flexibility index (Phi) is 4.18. The number of nitrogens with zero attached hydrogens (tertiary/aromatic N) is 2. The monoisotopic (exact) mass is 373 g/mol. The molecule has 1 heterocycles. The number of rotatable bonds is 3. The van der Waals surface area contributed by atoms with Crippen LogP contribution in [0.3, 0.4) is 0 Å². The zero-order chi connectivity index (χ0) is 14.0. The van der Waals surface area contributed by atoms with E-state index in [1.807, 2.05) is 6.92 Å². The zero-order valence-corrected chi connectivity index (χ0v) is 12.9. The summed E-state index contributed by atoms with van der Waals surface area (Å²) < 4.78 is 19.3. The molecule has 0 bridgehead atoms. The summed E-state index contributed by atoms with van der Waals surface area (Å²) in [6.45, 7) is 1.91. The van der Waals surface area contributed by atoms with Gasteiger partial charge < -0.3 is 10.1 Å². The van der Waals surface area contributed by atoms with Gasteiger partial charge in [-0.2, -0.15) is 0 Å². The second-order valence-electron chi connectivity index (χ2n) is 3.89. The van der Waals surface area contributed by atoms with Crippen LogP contribution in [0, 0.1) is 16.3 Å². The third-order valence-corrected chi connectivity index (χ3v) is 3.95. The van der Waals surface area contributed by atoms with Gasteiger partial charge in [0.25, 0.3) is 0 Å². The maximum Gasteiger partial charge on any atom is 0.165 e. The first-order valence-electron chi connectivity index (χ1n) is 5.62. The number of aromatic nitrogens is 2. The summed E-state index contributed by atoms with van der Waals surface area (Å²) in [4.78, 5) is 8.84. The molecule has 0 atom stereocenters. The molecule has 6 heteroatoms. The summed E-state index contributed by atoms with van der Waals surface area (Å²) in [5.74, 6) is 1.08. The SMILES string of the molecule is CNc1nc(-c2ccc(F)c(OC)c2)nc(C)c1I. The van der Waals surface area contributed by atoms with Crippen molar-refractivity contribution in [2.75, 3.05) is 19.5 Å². The third-order valence-electron chi connectivity index (χ3n) is 2.66. The van der Waals surface area contributed by atoms with Crippen LogP contribution >= 0.6 is 22.6 Å². The molecule has 100 valence electrons. The first kappa shape index (κ1) is 14.0. The van der Waals surface area contributed by atoms with Gasteiger partial charge in [0.2, 0.25) is 0 Å². The van der Waals surface area contributed by atoms with Crippen molar-refractivity contribution in [2.45, 2.75) is 6.92 Å². The lowest BCUT2D eigenvalue weighted by Gasteiger charge is -2.09. The van der Waals surface area contributed by atoms with E-state index in [1.54, 1.807) is 19.2 Å². The summed E-state index contributed by atoms with van der Waals surface area (Å²) in [5.41, 5.74) is 1.59. The van der Waals surface area contributed by atoms with E-state index in [1.165, 1.54) is 13.2 Å². The number of anilines is 1. The minimum absolute atomic E-state index is 0.184. The molecular formula is C13H13FIN3O. The van der Waals surface area contributed by atoms with E-state index >= 15 is 0 Å². The molecule has 0 saturated heterocycles. The lowest BCUT2D eigenvalue weighted by Crippen LogP contribution is -2.03. The number of methoxy groups -OCH3 is 1. The molecule has 1 aromatic carbocycles. The first-order valence-corrected chi connectivity index (χ1v) is 6.70. The number of aryl methyl sites for hydroxylation is 1. The van der Waals surface area contributed by atoms with Crippen molar-refractivity contribution in [3.05, 3.63) is 33.3 Å². The molecule has 0 saturated carbocycles. The summed E-state index contributed by atoms with van der Waals surface area (Å²) in [6.07, 6.45) is 0. The zero-order valence-electron chi connectivity index (χ0n) is 10.8. The minimum atomic E-state index is -0.401. The van der Waals surface area contributed by atoms with Crippen LogP contribution in [0.15, 0.2) is 18.2 Å². The Morgan fingerprint density at radius 2 is 2.05 bits per heavy atom. The molecule has 0 fully saturated rings. The highest BCUT2D eigenvalue weighted by Gasteiger charge is 2.12. The maximum atomic E-state index is 13.4. The molecule has 0 spiro atoms. The van der Waals surface area contributed by atoms with Gasteiger partial charge in [0.15, 0.2) is 17.4 Å². The van der Waals surface area contributed by atoms with Gasteiger partial charge in [0.05, 0.1) is 16.4 Å². The Morgan fingerprint density at radius 1 is 1.32 bits per heavy atom. The first-order chi connectivity index (χ1) is 9.06. The lowest BCUT2D eigenvalue weighted by molar-refractivity contribution is 0.387. The van der Waals surface area contributed by atoms with Crippen LogP contribution in [0.5, 0.6) is 5.75 Å². The highest BCUT2D eigenvalue weighted by molar-refractivity contribution is 14.1. The molecule has 1 N–H and O–H groups in total. The standard InChI is InChI=1S/C13H13FIN3O/c1-7-11(15)13(16-2)18-12(17-7)8-4-5-9(14)10(6-8)19-3/h4-6H,1-3H3,(H,16,17,18). The van der Waals surface area contributed by atoms with Crippen LogP contribution in [0.4, 0.5) is 10.2 Å². The number of halogens is 2. The Balaban J connectivity index is 2.55. The van der Waals surface area contributed by atoms with Gasteiger partial charge in [-0.1, -0.05) is 0 Å². The average molecular weight is 373 g/mol. The highest BCUT2D eigenvalue weighted by atomic mass is 127. The summed E-state index contributed by atoms with van der Waals surface area (Å²) in [6, 6.07) is 4.58. The predicted molar refractivity (Wildman–Crippen MR) is 81.0 cm³/mol. The van der Waals surface area contributed by atoms with Crippen LogP contribution in [0.2, 0.25) is 0 Å². The van der Waals surface area contributed by atoms with Crippen molar-refractivity contribution in [3.63, 3.8) is 0 Å². The summed E-state index contributed by atoms with van der Waals surface area (Å²) in [7, 11) is 3.24. The molecular weight excluding hydrogens is 360 g/mol. The van der Waals surface area contributed by atoms with Gasteiger partial charge in [0, 0.05) is 12.6 Å². The second kappa shape index (κ2) is 5.68. The van der Waals surface area contributed by atoms with Crippen LogP contribution in [0.1, 0.15) is 5.69 Å².